The van der Waals surface area contributed by atoms with Crippen molar-refractivity contribution >= 4 is 0 Å². The molecule has 2 unspecified atom stereocenters. The molecule has 2 atom stereocenters. The van der Waals surface area contributed by atoms with Crippen LogP contribution in [0.3, 0.4) is 0 Å². The van der Waals surface area contributed by atoms with Crippen molar-refractivity contribution < 1.29 is 4.74 Å². The smallest absolute Gasteiger partial charge is 0.0593 e. The highest BCUT2D eigenvalue weighted by molar-refractivity contribution is 4.91. The average molecular weight is 284 g/mol. The first-order valence-corrected chi connectivity index (χ1v) is 8.39. The van der Waals surface area contributed by atoms with Gasteiger partial charge in [-0.1, -0.05) is 41.5 Å². The van der Waals surface area contributed by atoms with E-state index in [-0.39, 0.29) is 0 Å². The Morgan fingerprint density at radius 1 is 1.25 bits per heavy atom. The van der Waals surface area contributed by atoms with Crippen LogP contribution < -0.4 is 5.32 Å². The fourth-order valence-corrected chi connectivity index (χ4v) is 2.71. The average Bonchev–Trinajstić information content (AvgIpc) is 2.36. The van der Waals surface area contributed by atoms with Crippen LogP contribution >= 0.6 is 0 Å². The van der Waals surface area contributed by atoms with Gasteiger partial charge in [0.25, 0.3) is 0 Å². The van der Waals surface area contributed by atoms with Gasteiger partial charge in [0.05, 0.1) is 6.61 Å². The standard InChI is InChI=1S/C17H36N2O/c1-7-15-12-18-16(17(4,5)6)13-19(15)9-11-20-10-8-14(2)3/h14-16,18H,7-13H2,1-6H3. The van der Waals surface area contributed by atoms with E-state index in [1.807, 2.05) is 0 Å². The van der Waals surface area contributed by atoms with Crippen LogP contribution in [0.25, 0.3) is 0 Å². The van der Waals surface area contributed by atoms with E-state index in [1.165, 1.54) is 12.8 Å². The molecule has 20 heavy (non-hydrogen) atoms. The highest BCUT2D eigenvalue weighted by Gasteiger charge is 2.32. The number of hydrogen-bond donors (Lipinski definition) is 1. The molecule has 0 radical (unpaired) electrons. The molecule has 1 saturated heterocycles. The zero-order valence-electron chi connectivity index (χ0n) is 14.5. The monoisotopic (exact) mass is 284 g/mol. The molecule has 1 heterocycles. The van der Waals surface area contributed by atoms with Gasteiger partial charge in [0.1, 0.15) is 0 Å². The number of hydrogen-bond acceptors (Lipinski definition) is 3. The third-order valence-electron chi connectivity index (χ3n) is 4.41. The van der Waals surface area contributed by atoms with Crippen LogP contribution in [-0.4, -0.2) is 49.8 Å². The van der Waals surface area contributed by atoms with Crippen LogP contribution in [0.15, 0.2) is 0 Å². The zero-order valence-corrected chi connectivity index (χ0v) is 14.5. The van der Waals surface area contributed by atoms with Crippen LogP contribution in [-0.2, 0) is 4.74 Å². The maximum atomic E-state index is 5.80. The second kappa shape index (κ2) is 8.35. The molecule has 120 valence electrons. The minimum absolute atomic E-state index is 0.329. The highest BCUT2D eigenvalue weighted by Crippen LogP contribution is 2.24. The summed E-state index contributed by atoms with van der Waals surface area (Å²) in [6.07, 6.45) is 2.39. The molecule has 0 aromatic heterocycles. The van der Waals surface area contributed by atoms with E-state index in [1.54, 1.807) is 0 Å². The van der Waals surface area contributed by atoms with Crippen LogP contribution in [0, 0.1) is 11.3 Å². The van der Waals surface area contributed by atoms with Crippen molar-refractivity contribution in [1.82, 2.24) is 10.2 Å². The predicted octanol–water partition coefficient (Wildman–Crippen LogP) is 3.15. The Morgan fingerprint density at radius 3 is 2.50 bits per heavy atom. The van der Waals surface area contributed by atoms with Gasteiger partial charge in [-0.25, -0.2) is 0 Å². The molecule has 3 nitrogen and oxygen atoms in total. The van der Waals surface area contributed by atoms with E-state index < -0.39 is 0 Å². The molecule has 0 aromatic carbocycles. The van der Waals surface area contributed by atoms with E-state index in [0.29, 0.717) is 17.5 Å². The fourth-order valence-electron chi connectivity index (χ4n) is 2.71. The largest absolute Gasteiger partial charge is 0.380 e. The van der Waals surface area contributed by atoms with Crippen LogP contribution in [0.5, 0.6) is 0 Å². The summed E-state index contributed by atoms with van der Waals surface area (Å²) in [5.74, 6) is 0.739. The van der Waals surface area contributed by atoms with Gasteiger partial charge in [-0.3, -0.25) is 4.90 Å². The Morgan fingerprint density at radius 2 is 1.95 bits per heavy atom. The molecular formula is C17H36N2O. The Labute approximate surface area is 126 Å². The lowest BCUT2D eigenvalue weighted by Gasteiger charge is -2.45. The SMILES string of the molecule is CCC1CNC(C(C)(C)C)CN1CCOCCC(C)C. The first-order chi connectivity index (χ1) is 9.34. The molecule has 0 amide bonds. The first kappa shape index (κ1) is 17.9. The van der Waals surface area contributed by atoms with Crippen molar-refractivity contribution in [3.8, 4) is 0 Å². The van der Waals surface area contributed by atoms with Gasteiger partial charge in [-0.05, 0) is 24.2 Å². The summed E-state index contributed by atoms with van der Waals surface area (Å²) in [5, 5.41) is 3.72. The second-order valence-electron chi connectivity index (χ2n) is 7.68. The lowest BCUT2D eigenvalue weighted by Crippen LogP contribution is -2.60. The molecule has 1 rings (SSSR count). The topological polar surface area (TPSA) is 24.5 Å². The van der Waals surface area contributed by atoms with E-state index in [0.717, 1.165) is 38.8 Å². The van der Waals surface area contributed by atoms with Crippen LogP contribution in [0.2, 0.25) is 0 Å². The third-order valence-corrected chi connectivity index (χ3v) is 4.41. The van der Waals surface area contributed by atoms with Gasteiger partial charge < -0.3 is 10.1 Å². The molecule has 0 aliphatic carbocycles. The molecule has 0 spiro atoms. The zero-order chi connectivity index (χ0) is 15.2. The summed E-state index contributed by atoms with van der Waals surface area (Å²) >= 11 is 0. The van der Waals surface area contributed by atoms with Crippen molar-refractivity contribution in [2.24, 2.45) is 11.3 Å². The molecule has 0 saturated carbocycles. The van der Waals surface area contributed by atoms with Gasteiger partial charge in [-0.2, -0.15) is 0 Å². The summed E-state index contributed by atoms with van der Waals surface area (Å²) in [6, 6.07) is 1.25. The fraction of sp³-hybridized carbons (Fsp3) is 1.00. The summed E-state index contributed by atoms with van der Waals surface area (Å²) in [7, 11) is 0. The molecule has 1 aliphatic rings. The Balaban J connectivity index is 2.35. The third kappa shape index (κ3) is 6.11. The van der Waals surface area contributed by atoms with Gasteiger partial charge >= 0.3 is 0 Å². The predicted molar refractivity (Wildman–Crippen MR) is 87.2 cm³/mol. The summed E-state index contributed by atoms with van der Waals surface area (Å²) in [5.41, 5.74) is 0.329. The number of nitrogens with one attached hydrogen (secondary N) is 1. The van der Waals surface area contributed by atoms with E-state index in [2.05, 4.69) is 51.8 Å². The molecule has 0 bridgehead atoms. The van der Waals surface area contributed by atoms with E-state index >= 15 is 0 Å². The number of ether oxygens (including phenoxy) is 1. The van der Waals surface area contributed by atoms with Crippen molar-refractivity contribution in [1.29, 1.82) is 0 Å². The maximum Gasteiger partial charge on any atom is 0.0593 e. The lowest BCUT2D eigenvalue weighted by molar-refractivity contribution is 0.0427. The molecule has 0 aromatic rings. The first-order valence-electron chi connectivity index (χ1n) is 8.39. The number of piperazine rings is 1. The normalized spacial score (nSPS) is 25.4. The van der Waals surface area contributed by atoms with Crippen molar-refractivity contribution in [3.63, 3.8) is 0 Å². The summed E-state index contributed by atoms with van der Waals surface area (Å²) < 4.78 is 5.80. The molecule has 1 fully saturated rings. The van der Waals surface area contributed by atoms with E-state index in [9.17, 15) is 0 Å². The number of nitrogens with zero attached hydrogens (tertiary/aromatic N) is 1. The molecule has 1 aliphatic heterocycles. The Hall–Kier alpha value is -0.120. The molecule has 1 N–H and O–H groups in total. The van der Waals surface area contributed by atoms with Crippen LogP contribution in [0.1, 0.15) is 54.4 Å². The minimum Gasteiger partial charge on any atom is -0.380 e. The molecular weight excluding hydrogens is 248 g/mol. The number of rotatable bonds is 7. The Bertz CT molecular complexity index is 260. The van der Waals surface area contributed by atoms with Gasteiger partial charge in [0.2, 0.25) is 0 Å². The summed E-state index contributed by atoms with van der Waals surface area (Å²) in [4.78, 5) is 2.63. The quantitative estimate of drug-likeness (QED) is 0.727. The van der Waals surface area contributed by atoms with Crippen molar-refractivity contribution in [3.05, 3.63) is 0 Å². The van der Waals surface area contributed by atoms with Gasteiger partial charge in [-0.15, -0.1) is 0 Å². The van der Waals surface area contributed by atoms with Gasteiger partial charge in [0.15, 0.2) is 0 Å². The second-order valence-corrected chi connectivity index (χ2v) is 7.68. The molecule has 3 heteroatoms. The maximum absolute atomic E-state index is 5.80. The Kier molecular flexibility index (Phi) is 7.49. The van der Waals surface area contributed by atoms with E-state index in [4.69, 9.17) is 4.74 Å². The van der Waals surface area contributed by atoms with Crippen molar-refractivity contribution in [2.45, 2.75) is 66.5 Å². The minimum atomic E-state index is 0.329. The summed E-state index contributed by atoms with van der Waals surface area (Å²) in [6.45, 7) is 18.9. The van der Waals surface area contributed by atoms with Gasteiger partial charge in [0, 0.05) is 38.3 Å². The lowest BCUT2D eigenvalue weighted by atomic mass is 9.84. The highest BCUT2D eigenvalue weighted by atomic mass is 16.5. The van der Waals surface area contributed by atoms with Crippen molar-refractivity contribution in [2.75, 3.05) is 32.8 Å². The van der Waals surface area contributed by atoms with Crippen LogP contribution in [0.4, 0.5) is 0 Å².